The van der Waals surface area contributed by atoms with E-state index in [1.165, 1.54) is 38.1 Å². The van der Waals surface area contributed by atoms with Gasteiger partial charge in [-0.1, -0.05) is 243 Å². The number of hydrogen-bond acceptors (Lipinski definition) is 24. The lowest BCUT2D eigenvalue weighted by Gasteiger charge is -2.30. The molecule has 3 aliphatic carbocycles. The van der Waals surface area contributed by atoms with Crippen molar-refractivity contribution in [1.29, 1.82) is 10.5 Å². The van der Waals surface area contributed by atoms with Crippen LogP contribution < -0.4 is 0 Å². The highest BCUT2D eigenvalue weighted by Crippen LogP contribution is 2.59. The maximum Gasteiger partial charge on any atom is 0.424 e. The van der Waals surface area contributed by atoms with Crippen LogP contribution in [-0.4, -0.2) is 92.9 Å². The lowest BCUT2D eigenvalue weighted by molar-refractivity contribution is -0.166. The molecule has 0 aromatic heterocycles. The Morgan fingerprint density at radius 3 is 0.748 bits per heavy atom. The topological polar surface area (TPSA) is 357 Å². The summed E-state index contributed by atoms with van der Waals surface area (Å²) >= 11 is 0. The summed E-state index contributed by atoms with van der Waals surface area (Å²) in [5.74, 6) is -14.3. The molecule has 2 heterocycles. The van der Waals surface area contributed by atoms with Gasteiger partial charge < -0.3 is 37.9 Å². The van der Waals surface area contributed by atoms with Crippen LogP contribution >= 0.6 is 0 Å². The summed E-state index contributed by atoms with van der Waals surface area (Å²) in [6.45, 7) is -1.96. The molecule has 606 valence electrons. The number of benzene rings is 10. The van der Waals surface area contributed by atoms with Gasteiger partial charge in [-0.25, -0.2) is 19.6 Å². The highest BCUT2D eigenvalue weighted by atomic mass is 16.6. The van der Waals surface area contributed by atoms with Gasteiger partial charge in [-0.2, -0.15) is 20.3 Å². The predicted molar refractivity (Wildman–Crippen MR) is 438 cm³/mol. The standard InChI is InChI=1S/C97H68N6O20/c1-59-73(49-98)83(104)102(93(114)122-57-67-39-23-9-24-40-67)85(106)81(59)100-79-45-69-43-77-71(47-75(69)96(79,89(110)118-53-63-31-15-5-16-32-63)90(111)119-54-64-33-17-6-18-34-64)72-48-76-70(44-78(72)95(77,87(108)116-51-61-27-11-3-12-28-61)88(109)117-52-62-29-13-4-14-30-62)46-80(97(76,91(112)120-55-65-35-19-7-20-36-65)92(113)121-56-66-37-21-8-22-38-66)101-82-60(2)74(50-99)84(105)103(86(82)107)94(115)123-58-68-41-25-10-26-42-68/h3-48H,51-58H2,1-2H3/b100-81-,101-82+. The minimum Gasteiger partial charge on any atom is -0.459 e. The number of nitrogens with zero attached hydrogens (tertiary/aromatic N) is 6. The third-order valence-electron chi connectivity index (χ3n) is 21.3. The van der Waals surface area contributed by atoms with E-state index in [1.54, 1.807) is 255 Å². The van der Waals surface area contributed by atoms with Gasteiger partial charge in [0.15, 0.2) is 0 Å². The van der Waals surface area contributed by atoms with Crippen molar-refractivity contribution in [1.82, 2.24) is 9.80 Å². The van der Waals surface area contributed by atoms with Gasteiger partial charge in [0.1, 0.15) is 87.6 Å². The van der Waals surface area contributed by atoms with Crippen LogP contribution in [0.4, 0.5) is 9.59 Å². The van der Waals surface area contributed by atoms with Crippen molar-refractivity contribution in [3.8, 4) is 23.3 Å². The van der Waals surface area contributed by atoms with Crippen molar-refractivity contribution >= 4 is 95.2 Å². The molecule has 10 aromatic carbocycles. The zero-order valence-electron chi connectivity index (χ0n) is 65.6. The van der Waals surface area contributed by atoms with Crippen LogP contribution in [0, 0.1) is 22.7 Å². The quantitative estimate of drug-likeness (QED) is 0.0235. The minimum absolute atomic E-state index is 0.0366. The molecule has 6 amide bonds. The molecule has 0 saturated carbocycles. The first-order chi connectivity index (χ1) is 59.7. The molecular formula is C97H68N6O20. The normalized spacial score (nSPS) is 15.5. The summed E-state index contributed by atoms with van der Waals surface area (Å²) in [6, 6.07) is 74.3. The zero-order chi connectivity index (χ0) is 86.1. The molecule has 10 aromatic rings. The monoisotopic (exact) mass is 1640 g/mol. The molecule has 5 aliphatic rings. The van der Waals surface area contributed by atoms with Crippen molar-refractivity contribution in [3.63, 3.8) is 0 Å². The number of hydrogen-bond donors (Lipinski definition) is 0. The number of rotatable bonds is 24. The Labute approximate surface area is 702 Å². The average molecular weight is 1640 g/mol. The summed E-state index contributed by atoms with van der Waals surface area (Å²) in [6.07, 6.45) is -0.822. The predicted octanol–water partition coefficient (Wildman–Crippen LogP) is 13.6. The first-order valence-electron chi connectivity index (χ1n) is 38.4. The molecule has 0 radical (unpaired) electrons. The third kappa shape index (κ3) is 15.3. The fourth-order valence-electron chi connectivity index (χ4n) is 15.1. The number of imide groups is 6. The second-order valence-corrected chi connectivity index (χ2v) is 28.8. The Kier molecular flexibility index (Phi) is 23.2. The number of esters is 6. The van der Waals surface area contributed by atoms with Gasteiger partial charge in [-0.05, 0) is 139 Å². The van der Waals surface area contributed by atoms with Crippen LogP contribution in [0.5, 0.6) is 0 Å². The van der Waals surface area contributed by atoms with E-state index >= 15 is 38.4 Å². The van der Waals surface area contributed by atoms with Crippen molar-refractivity contribution < 1.29 is 95.4 Å². The first-order valence-corrected chi connectivity index (χ1v) is 38.4. The summed E-state index contributed by atoms with van der Waals surface area (Å²) in [5.41, 5.74) is -14.3. The molecule has 0 atom stereocenters. The number of fused-ring (bicyclic) bond motifs is 5. The van der Waals surface area contributed by atoms with E-state index in [0.29, 0.717) is 44.5 Å². The van der Waals surface area contributed by atoms with E-state index < -0.39 is 197 Å². The van der Waals surface area contributed by atoms with Gasteiger partial charge in [0.05, 0.1) is 11.4 Å². The van der Waals surface area contributed by atoms with Crippen LogP contribution in [0.3, 0.4) is 0 Å². The molecule has 0 bridgehead atoms. The summed E-state index contributed by atoms with van der Waals surface area (Å²) < 4.78 is 48.9. The van der Waals surface area contributed by atoms with Crippen molar-refractivity contribution in [2.75, 3.05) is 0 Å². The highest BCUT2D eigenvalue weighted by molar-refractivity contribution is 6.54. The molecule has 123 heavy (non-hydrogen) atoms. The van der Waals surface area contributed by atoms with E-state index in [2.05, 4.69) is 0 Å². The van der Waals surface area contributed by atoms with E-state index in [1.807, 2.05) is 0 Å². The van der Waals surface area contributed by atoms with Crippen molar-refractivity contribution in [2.45, 2.75) is 82.9 Å². The first kappa shape index (κ1) is 81.7. The molecule has 15 rings (SSSR count). The Morgan fingerprint density at radius 2 is 0.520 bits per heavy atom. The molecule has 26 nitrogen and oxygen atoms in total. The molecule has 26 heteroatoms. The lowest BCUT2D eigenvalue weighted by Crippen LogP contribution is -2.51. The SMILES string of the molecule is CC1=C(C#N)C(=O)N(C(=O)OCc2ccccc2)C(=O)/C1=N\C1=Cc2cc3c(cc2C1(C(=O)OCc1ccccc1)C(=O)OCc1ccccc1)-c1cc2c(cc1C3(C(=O)OCc1ccccc1)C(=O)OCc1ccccc1)C=C(/N=C1/C(=O)N(C(=O)OCc3ccccc3)C(=O)C(C#N)=C1C)C2(C(=O)OCc1ccccc1)C(=O)OCc1ccccc1. The number of nitriles is 2. The molecule has 0 N–H and O–H groups in total. The fourth-order valence-corrected chi connectivity index (χ4v) is 15.1. The average Bonchev–Trinajstić information content (AvgIpc) is 1.51. The van der Waals surface area contributed by atoms with E-state index in [0.717, 1.165) is 12.2 Å². The molecule has 2 aliphatic heterocycles. The van der Waals surface area contributed by atoms with Crippen molar-refractivity contribution in [3.05, 3.63) is 378 Å². The maximum atomic E-state index is 16.7. The maximum absolute atomic E-state index is 16.7. The van der Waals surface area contributed by atoms with Crippen LogP contribution in [0.15, 0.2) is 311 Å². The molecular weight excluding hydrogens is 1570 g/mol. The number of aliphatic imine (C=N–C) groups is 2. The Balaban J connectivity index is 1.01. The van der Waals surface area contributed by atoms with Gasteiger partial charge in [0.2, 0.25) is 16.2 Å². The van der Waals surface area contributed by atoms with Crippen LogP contribution in [-0.2, 0) is 155 Å². The van der Waals surface area contributed by atoms with E-state index in [-0.39, 0.29) is 43.2 Å². The van der Waals surface area contributed by atoms with Gasteiger partial charge in [-0.3, -0.25) is 47.9 Å². The Morgan fingerprint density at radius 1 is 0.301 bits per heavy atom. The Hall–Kier alpha value is -16.5. The highest BCUT2D eigenvalue weighted by Gasteiger charge is 2.65. The fraction of sp³-hybridized carbons (Fsp3) is 0.134. The van der Waals surface area contributed by atoms with Crippen LogP contribution in [0.1, 0.15) is 91.7 Å². The number of carbonyl (C=O) groups is 12. The molecule has 0 unspecified atom stereocenters. The number of amides is 6. The van der Waals surface area contributed by atoms with E-state index in [4.69, 9.17) is 47.9 Å². The van der Waals surface area contributed by atoms with Crippen LogP contribution in [0.2, 0.25) is 0 Å². The largest absolute Gasteiger partial charge is 0.459 e. The summed E-state index contributed by atoms with van der Waals surface area (Å²) in [4.78, 5) is 197. The third-order valence-corrected chi connectivity index (χ3v) is 21.3. The summed E-state index contributed by atoms with van der Waals surface area (Å²) in [5, 5.41) is 21.6. The second kappa shape index (κ2) is 35.0. The van der Waals surface area contributed by atoms with Gasteiger partial charge in [0.25, 0.3) is 23.6 Å². The lowest BCUT2D eigenvalue weighted by atomic mass is 9.74. The van der Waals surface area contributed by atoms with Crippen molar-refractivity contribution in [2.24, 2.45) is 9.98 Å². The minimum atomic E-state index is -3.14. The molecule has 0 fully saturated rings. The zero-order valence-corrected chi connectivity index (χ0v) is 65.6. The molecule has 0 saturated heterocycles. The van der Waals surface area contributed by atoms with Gasteiger partial charge in [-0.15, -0.1) is 0 Å². The summed E-state index contributed by atoms with van der Waals surface area (Å²) in [7, 11) is 0. The smallest absolute Gasteiger partial charge is 0.424 e. The number of ether oxygens (including phenoxy) is 8. The van der Waals surface area contributed by atoms with Gasteiger partial charge >= 0.3 is 48.0 Å². The molecule has 0 spiro atoms. The van der Waals surface area contributed by atoms with E-state index in [9.17, 15) is 29.7 Å². The van der Waals surface area contributed by atoms with Gasteiger partial charge in [0, 0.05) is 11.1 Å². The second-order valence-electron chi connectivity index (χ2n) is 28.8. The van der Waals surface area contributed by atoms with Crippen LogP contribution in [0.25, 0.3) is 23.3 Å². The number of carbonyl (C=O) groups excluding carboxylic acids is 12. The Bertz CT molecular complexity index is 5820.